The zero-order valence-electron chi connectivity index (χ0n) is 9.64. The largest absolute Gasteiger partial charge is 0.286 e. The molecule has 84 valence electrons. The van der Waals surface area contributed by atoms with E-state index in [4.69, 9.17) is 0 Å². The Labute approximate surface area is 89.5 Å². The molecule has 0 aliphatic carbocycles. The van der Waals surface area contributed by atoms with Gasteiger partial charge in [0.15, 0.2) is 0 Å². The molecule has 0 aromatic carbocycles. The molecule has 3 heteroatoms. The zero-order chi connectivity index (χ0) is 11.7. The molecular formula is C12H17F2N. The third-order valence-electron chi connectivity index (χ3n) is 1.97. The van der Waals surface area contributed by atoms with E-state index in [9.17, 15) is 8.78 Å². The van der Waals surface area contributed by atoms with Crippen LogP contribution < -0.4 is 0 Å². The average Bonchev–Trinajstić information content (AvgIpc) is 1.99. The van der Waals surface area contributed by atoms with Crippen molar-refractivity contribution in [2.45, 2.75) is 40.0 Å². The Morgan fingerprint density at radius 1 is 1.13 bits per heavy atom. The van der Waals surface area contributed by atoms with E-state index in [0.717, 1.165) is 12.6 Å². The Balaban J connectivity index is 2.94. The molecule has 1 rings (SSSR count). The molecule has 0 amide bonds. The van der Waals surface area contributed by atoms with Crippen molar-refractivity contribution in [3.05, 3.63) is 29.6 Å². The van der Waals surface area contributed by atoms with E-state index in [1.165, 1.54) is 6.07 Å². The van der Waals surface area contributed by atoms with Gasteiger partial charge in [-0.05, 0) is 24.0 Å². The van der Waals surface area contributed by atoms with Gasteiger partial charge in [-0.25, -0.2) is 0 Å². The molecule has 0 saturated heterocycles. The van der Waals surface area contributed by atoms with E-state index in [0.29, 0.717) is 6.42 Å². The van der Waals surface area contributed by atoms with E-state index in [2.05, 4.69) is 25.8 Å². The molecule has 0 aliphatic heterocycles. The van der Waals surface area contributed by atoms with Crippen molar-refractivity contribution in [2.75, 3.05) is 0 Å². The molecule has 1 nitrogen and oxygen atoms in total. The second-order valence-electron chi connectivity index (χ2n) is 5.14. The summed E-state index contributed by atoms with van der Waals surface area (Å²) in [5.74, 6) is -2.85. The Morgan fingerprint density at radius 3 is 2.20 bits per heavy atom. The molecule has 1 heterocycles. The van der Waals surface area contributed by atoms with E-state index < -0.39 is 5.92 Å². The van der Waals surface area contributed by atoms with Crippen molar-refractivity contribution in [3.63, 3.8) is 0 Å². The van der Waals surface area contributed by atoms with Crippen molar-refractivity contribution in [1.29, 1.82) is 0 Å². The molecule has 0 atom stereocenters. The van der Waals surface area contributed by atoms with Crippen molar-refractivity contribution < 1.29 is 8.78 Å². The van der Waals surface area contributed by atoms with Gasteiger partial charge < -0.3 is 0 Å². The standard InChI is InChI=1S/C12H17F2N/c1-11(2,3)8-9-6-5-7-10(15-9)12(4,13)14/h5-7H,8H2,1-4H3. The molecule has 1 aromatic heterocycles. The van der Waals surface area contributed by atoms with E-state index >= 15 is 0 Å². The first-order valence-electron chi connectivity index (χ1n) is 5.03. The molecular weight excluding hydrogens is 196 g/mol. The predicted octanol–water partition coefficient (Wildman–Crippen LogP) is 3.78. The van der Waals surface area contributed by atoms with Gasteiger partial charge in [-0.1, -0.05) is 26.8 Å². The summed E-state index contributed by atoms with van der Waals surface area (Å²) < 4.78 is 26.0. The van der Waals surface area contributed by atoms with Crippen molar-refractivity contribution in [3.8, 4) is 0 Å². The fourth-order valence-corrected chi connectivity index (χ4v) is 1.37. The summed E-state index contributed by atoms with van der Waals surface area (Å²) in [5, 5.41) is 0. The maximum Gasteiger partial charge on any atom is 0.286 e. The van der Waals surface area contributed by atoms with Crippen molar-refractivity contribution >= 4 is 0 Å². The molecule has 15 heavy (non-hydrogen) atoms. The van der Waals surface area contributed by atoms with Crippen LogP contribution in [-0.2, 0) is 12.3 Å². The lowest BCUT2D eigenvalue weighted by Gasteiger charge is -2.18. The summed E-state index contributed by atoms with van der Waals surface area (Å²) in [7, 11) is 0. The van der Waals surface area contributed by atoms with E-state index in [1.807, 2.05) is 0 Å². The lowest BCUT2D eigenvalue weighted by Crippen LogP contribution is -2.14. The maximum atomic E-state index is 13.0. The van der Waals surface area contributed by atoms with Crippen LogP contribution in [0.1, 0.15) is 39.1 Å². The first-order valence-corrected chi connectivity index (χ1v) is 5.03. The third kappa shape index (κ3) is 3.94. The highest BCUT2D eigenvalue weighted by Gasteiger charge is 2.26. The van der Waals surface area contributed by atoms with Crippen LogP contribution in [0.2, 0.25) is 0 Å². The topological polar surface area (TPSA) is 12.9 Å². The van der Waals surface area contributed by atoms with Gasteiger partial charge >= 0.3 is 0 Å². The summed E-state index contributed by atoms with van der Waals surface area (Å²) in [6.07, 6.45) is 0.705. The molecule has 0 bridgehead atoms. The number of rotatable bonds is 2. The Hall–Kier alpha value is -0.990. The molecule has 0 aliphatic rings. The van der Waals surface area contributed by atoms with Crippen LogP contribution in [0, 0.1) is 5.41 Å². The van der Waals surface area contributed by atoms with Crippen LogP contribution >= 0.6 is 0 Å². The van der Waals surface area contributed by atoms with Gasteiger partial charge in [-0.15, -0.1) is 0 Å². The molecule has 0 saturated carbocycles. The second kappa shape index (κ2) is 3.87. The monoisotopic (exact) mass is 213 g/mol. The molecule has 0 radical (unpaired) electrons. The Bertz CT molecular complexity index is 334. The number of alkyl halides is 2. The minimum atomic E-state index is -2.85. The first kappa shape index (κ1) is 12.1. The number of nitrogens with zero attached hydrogens (tertiary/aromatic N) is 1. The molecule has 1 aromatic rings. The van der Waals surface area contributed by atoms with E-state index in [1.54, 1.807) is 12.1 Å². The van der Waals surface area contributed by atoms with Gasteiger partial charge in [-0.3, -0.25) is 4.98 Å². The summed E-state index contributed by atoms with van der Waals surface area (Å²) in [6, 6.07) is 4.80. The van der Waals surface area contributed by atoms with Crippen LogP contribution in [0.15, 0.2) is 18.2 Å². The minimum Gasteiger partial charge on any atom is -0.252 e. The molecule has 0 spiro atoms. The molecule has 0 fully saturated rings. The van der Waals surface area contributed by atoms with Crippen molar-refractivity contribution in [2.24, 2.45) is 5.41 Å². The number of hydrogen-bond donors (Lipinski definition) is 0. The third-order valence-corrected chi connectivity index (χ3v) is 1.97. The molecule has 0 N–H and O–H groups in total. The van der Waals surface area contributed by atoms with Gasteiger partial charge in [0, 0.05) is 12.6 Å². The zero-order valence-corrected chi connectivity index (χ0v) is 9.64. The highest BCUT2D eigenvalue weighted by atomic mass is 19.3. The fourth-order valence-electron chi connectivity index (χ4n) is 1.37. The first-order chi connectivity index (χ1) is 6.68. The summed E-state index contributed by atoms with van der Waals surface area (Å²) in [6.45, 7) is 7.05. The number of pyridine rings is 1. The van der Waals surface area contributed by atoms with Crippen LogP contribution in [0.5, 0.6) is 0 Å². The van der Waals surface area contributed by atoms with E-state index in [-0.39, 0.29) is 11.1 Å². The summed E-state index contributed by atoms with van der Waals surface area (Å²) in [5.41, 5.74) is 0.639. The van der Waals surface area contributed by atoms with Gasteiger partial charge in [0.2, 0.25) is 0 Å². The smallest absolute Gasteiger partial charge is 0.252 e. The average molecular weight is 213 g/mol. The number of aromatic nitrogens is 1. The fraction of sp³-hybridized carbons (Fsp3) is 0.583. The van der Waals surface area contributed by atoms with Gasteiger partial charge in [0.1, 0.15) is 5.69 Å². The maximum absolute atomic E-state index is 13.0. The Kier molecular flexibility index (Phi) is 3.12. The SMILES string of the molecule is CC(C)(C)Cc1cccc(C(C)(F)F)n1. The Morgan fingerprint density at radius 2 is 1.73 bits per heavy atom. The van der Waals surface area contributed by atoms with Gasteiger partial charge in [-0.2, -0.15) is 8.78 Å². The van der Waals surface area contributed by atoms with Crippen LogP contribution in [0.3, 0.4) is 0 Å². The lowest BCUT2D eigenvalue weighted by atomic mass is 9.90. The van der Waals surface area contributed by atoms with Crippen LogP contribution in [0.4, 0.5) is 8.78 Å². The number of halogens is 2. The lowest BCUT2D eigenvalue weighted by molar-refractivity contribution is 0.0125. The van der Waals surface area contributed by atoms with Gasteiger partial charge in [0.25, 0.3) is 5.92 Å². The second-order valence-corrected chi connectivity index (χ2v) is 5.14. The highest BCUT2D eigenvalue weighted by Crippen LogP contribution is 2.26. The molecule has 0 unspecified atom stereocenters. The van der Waals surface area contributed by atoms with Gasteiger partial charge in [0.05, 0.1) is 0 Å². The van der Waals surface area contributed by atoms with Crippen LogP contribution in [-0.4, -0.2) is 4.98 Å². The quantitative estimate of drug-likeness (QED) is 0.728. The van der Waals surface area contributed by atoms with Crippen LogP contribution in [0.25, 0.3) is 0 Å². The summed E-state index contributed by atoms with van der Waals surface area (Å²) in [4.78, 5) is 3.98. The highest BCUT2D eigenvalue weighted by molar-refractivity contribution is 5.15. The normalized spacial score (nSPS) is 12.9. The van der Waals surface area contributed by atoms with Crippen molar-refractivity contribution in [1.82, 2.24) is 4.98 Å². The summed E-state index contributed by atoms with van der Waals surface area (Å²) >= 11 is 0. The number of hydrogen-bond acceptors (Lipinski definition) is 1. The predicted molar refractivity (Wildman–Crippen MR) is 57.0 cm³/mol. The minimum absolute atomic E-state index is 0.0641.